The van der Waals surface area contributed by atoms with Gasteiger partial charge in [-0.2, -0.15) is 0 Å². The Hall–Kier alpha value is -2.70. The predicted molar refractivity (Wildman–Crippen MR) is 106 cm³/mol. The van der Waals surface area contributed by atoms with Crippen molar-refractivity contribution in [1.29, 1.82) is 0 Å². The number of esters is 1. The van der Waals surface area contributed by atoms with Crippen LogP contribution in [0.5, 0.6) is 11.5 Å². The molecule has 0 aromatic heterocycles. The molecule has 1 aromatic rings. The molecule has 1 amide bonds. The fourth-order valence-corrected chi connectivity index (χ4v) is 2.81. The van der Waals surface area contributed by atoms with Gasteiger partial charge in [0.05, 0.1) is 14.2 Å². The van der Waals surface area contributed by atoms with Crippen LogP contribution in [0.1, 0.15) is 39.2 Å². The minimum absolute atomic E-state index is 0.207. The van der Waals surface area contributed by atoms with Crippen molar-refractivity contribution < 1.29 is 28.5 Å². The maximum atomic E-state index is 12.1. The van der Waals surface area contributed by atoms with Gasteiger partial charge in [0.25, 0.3) is 0 Å². The number of hydrogen-bond acceptors (Lipinski definition) is 6. The summed E-state index contributed by atoms with van der Waals surface area (Å²) in [4.78, 5) is 25.8. The number of methoxy groups -OCH3 is 2. The Labute approximate surface area is 166 Å². The van der Waals surface area contributed by atoms with Crippen molar-refractivity contribution in [2.24, 2.45) is 0 Å². The Morgan fingerprint density at radius 2 is 1.71 bits per heavy atom. The molecule has 0 aliphatic carbocycles. The summed E-state index contributed by atoms with van der Waals surface area (Å²) in [5.74, 6) is 0.803. The predicted octanol–water partition coefficient (Wildman–Crippen LogP) is 3.66. The highest BCUT2D eigenvalue weighted by Crippen LogP contribution is 2.28. The molecule has 0 saturated carbocycles. The van der Waals surface area contributed by atoms with Crippen molar-refractivity contribution in [3.05, 3.63) is 29.8 Å². The van der Waals surface area contributed by atoms with Crippen LogP contribution in [0.4, 0.5) is 4.79 Å². The number of rotatable bonds is 5. The molecule has 0 radical (unpaired) electrons. The van der Waals surface area contributed by atoms with Crippen molar-refractivity contribution in [1.82, 2.24) is 4.90 Å². The van der Waals surface area contributed by atoms with E-state index < -0.39 is 11.6 Å². The van der Waals surface area contributed by atoms with Crippen LogP contribution >= 0.6 is 0 Å². The minimum Gasteiger partial charge on any atom is -0.493 e. The van der Waals surface area contributed by atoms with Crippen molar-refractivity contribution in [2.75, 3.05) is 27.3 Å². The molecule has 0 spiro atoms. The highest BCUT2D eigenvalue weighted by Gasteiger charge is 2.28. The zero-order chi connectivity index (χ0) is 20.7. The van der Waals surface area contributed by atoms with Crippen LogP contribution in [-0.4, -0.2) is 56.0 Å². The van der Waals surface area contributed by atoms with E-state index in [0.717, 1.165) is 5.56 Å². The van der Waals surface area contributed by atoms with Gasteiger partial charge in [-0.15, -0.1) is 0 Å². The minimum atomic E-state index is -0.519. The second-order valence-corrected chi connectivity index (χ2v) is 7.55. The van der Waals surface area contributed by atoms with E-state index in [1.54, 1.807) is 37.3 Å². The highest BCUT2D eigenvalue weighted by molar-refractivity contribution is 5.87. The van der Waals surface area contributed by atoms with E-state index in [9.17, 15) is 9.59 Å². The summed E-state index contributed by atoms with van der Waals surface area (Å²) in [5.41, 5.74) is 0.282. The monoisotopic (exact) mass is 391 g/mol. The third kappa shape index (κ3) is 6.48. The van der Waals surface area contributed by atoms with Crippen LogP contribution in [0.25, 0.3) is 6.08 Å². The molecule has 0 bridgehead atoms. The number of carbonyl (C=O) groups excluding carboxylic acids is 2. The van der Waals surface area contributed by atoms with Gasteiger partial charge in [0.15, 0.2) is 11.5 Å². The van der Waals surface area contributed by atoms with Crippen molar-refractivity contribution >= 4 is 18.1 Å². The summed E-state index contributed by atoms with van der Waals surface area (Å²) in [6, 6.07) is 5.38. The first-order valence-corrected chi connectivity index (χ1v) is 9.30. The largest absolute Gasteiger partial charge is 0.493 e. The van der Waals surface area contributed by atoms with Crippen LogP contribution in [0.2, 0.25) is 0 Å². The number of piperidine rings is 1. The van der Waals surface area contributed by atoms with Crippen LogP contribution in [0.3, 0.4) is 0 Å². The molecular weight excluding hydrogens is 362 g/mol. The van der Waals surface area contributed by atoms with Gasteiger partial charge in [-0.1, -0.05) is 6.07 Å². The van der Waals surface area contributed by atoms with E-state index in [0.29, 0.717) is 37.4 Å². The quantitative estimate of drug-likeness (QED) is 0.563. The van der Waals surface area contributed by atoms with Gasteiger partial charge in [-0.25, -0.2) is 9.59 Å². The Balaban J connectivity index is 1.83. The summed E-state index contributed by atoms with van der Waals surface area (Å²) in [6.07, 6.45) is 3.71. The number of hydrogen-bond donors (Lipinski definition) is 0. The number of nitrogens with zero attached hydrogens (tertiary/aromatic N) is 1. The molecule has 1 aromatic carbocycles. The summed E-state index contributed by atoms with van der Waals surface area (Å²) in [5, 5.41) is 0. The molecule has 0 N–H and O–H groups in total. The lowest BCUT2D eigenvalue weighted by atomic mass is 10.1. The lowest BCUT2D eigenvalue weighted by molar-refractivity contribution is -0.144. The van der Waals surface area contributed by atoms with Crippen molar-refractivity contribution in [3.8, 4) is 11.5 Å². The molecule has 0 atom stereocenters. The summed E-state index contributed by atoms with van der Waals surface area (Å²) in [6.45, 7) is 6.52. The van der Waals surface area contributed by atoms with Crippen LogP contribution in [0.15, 0.2) is 24.3 Å². The Morgan fingerprint density at radius 3 is 2.29 bits per heavy atom. The third-order valence-corrected chi connectivity index (χ3v) is 4.20. The van der Waals surface area contributed by atoms with E-state index in [4.69, 9.17) is 18.9 Å². The molecule has 28 heavy (non-hydrogen) atoms. The van der Waals surface area contributed by atoms with Crippen LogP contribution in [0, 0.1) is 0 Å². The molecule has 1 heterocycles. The lowest BCUT2D eigenvalue weighted by Crippen LogP contribution is -2.43. The molecule has 2 rings (SSSR count). The van der Waals surface area contributed by atoms with Gasteiger partial charge < -0.3 is 23.8 Å². The van der Waals surface area contributed by atoms with Crippen LogP contribution < -0.4 is 9.47 Å². The Bertz CT molecular complexity index is 714. The fraction of sp³-hybridized carbons (Fsp3) is 0.524. The Kier molecular flexibility index (Phi) is 7.31. The average Bonchev–Trinajstić information content (AvgIpc) is 2.65. The van der Waals surface area contributed by atoms with E-state index in [-0.39, 0.29) is 12.2 Å². The van der Waals surface area contributed by atoms with Crippen molar-refractivity contribution in [2.45, 2.75) is 45.3 Å². The summed E-state index contributed by atoms with van der Waals surface area (Å²) < 4.78 is 21.3. The second kappa shape index (κ2) is 9.48. The van der Waals surface area contributed by atoms with Gasteiger partial charge >= 0.3 is 12.1 Å². The molecule has 154 valence electrons. The maximum Gasteiger partial charge on any atom is 0.410 e. The average molecular weight is 391 g/mol. The first-order chi connectivity index (χ1) is 13.2. The second-order valence-electron chi connectivity index (χ2n) is 7.55. The zero-order valence-corrected chi connectivity index (χ0v) is 17.2. The number of carbonyl (C=O) groups is 2. The SMILES string of the molecule is COc1ccc(/C=C/C(=O)OC2CCN(C(=O)OC(C)(C)C)CC2)cc1OC. The number of amides is 1. The summed E-state index contributed by atoms with van der Waals surface area (Å²) >= 11 is 0. The topological polar surface area (TPSA) is 74.3 Å². The smallest absolute Gasteiger partial charge is 0.410 e. The van der Waals surface area contributed by atoms with Gasteiger partial charge in [0.2, 0.25) is 0 Å². The lowest BCUT2D eigenvalue weighted by Gasteiger charge is -2.33. The van der Waals surface area contributed by atoms with E-state index >= 15 is 0 Å². The highest BCUT2D eigenvalue weighted by atomic mass is 16.6. The zero-order valence-electron chi connectivity index (χ0n) is 17.2. The van der Waals surface area contributed by atoms with Gasteiger partial charge in [0.1, 0.15) is 11.7 Å². The van der Waals surface area contributed by atoms with Gasteiger partial charge in [0, 0.05) is 32.0 Å². The molecule has 7 heteroatoms. The normalized spacial score (nSPS) is 15.4. The molecule has 1 saturated heterocycles. The molecule has 0 unspecified atom stereocenters. The molecule has 1 aliphatic rings. The molecule has 7 nitrogen and oxygen atoms in total. The number of benzene rings is 1. The van der Waals surface area contributed by atoms with Crippen molar-refractivity contribution in [3.63, 3.8) is 0 Å². The fourth-order valence-electron chi connectivity index (χ4n) is 2.81. The first-order valence-electron chi connectivity index (χ1n) is 9.30. The van der Waals surface area contributed by atoms with Crippen LogP contribution in [-0.2, 0) is 14.3 Å². The van der Waals surface area contributed by atoms with E-state index in [1.165, 1.54) is 6.08 Å². The summed E-state index contributed by atoms with van der Waals surface area (Å²) in [7, 11) is 3.13. The van der Waals surface area contributed by atoms with Gasteiger partial charge in [-0.05, 0) is 44.5 Å². The van der Waals surface area contributed by atoms with E-state index in [1.807, 2.05) is 26.8 Å². The van der Waals surface area contributed by atoms with E-state index in [2.05, 4.69) is 0 Å². The maximum absolute atomic E-state index is 12.1. The first kappa shape index (κ1) is 21.6. The molecular formula is C21H29NO6. The molecule has 1 fully saturated rings. The third-order valence-electron chi connectivity index (χ3n) is 4.20. The number of ether oxygens (including phenoxy) is 4. The standard InChI is InChI=1S/C21H29NO6/c1-21(2,3)28-20(24)22-12-10-16(11-13-22)27-19(23)9-7-15-6-8-17(25-4)18(14-15)26-5/h6-9,14,16H,10-13H2,1-5H3/b9-7+. The molecule has 1 aliphatic heterocycles. The van der Waals surface area contributed by atoms with Gasteiger partial charge in [-0.3, -0.25) is 0 Å². The Morgan fingerprint density at radius 1 is 1.07 bits per heavy atom. The number of likely N-dealkylation sites (tertiary alicyclic amines) is 1.